The fraction of sp³-hybridized carbons (Fsp3) is 0.174. The number of hydrogen-bond acceptors (Lipinski definition) is 10. The number of carbonyl (C=O) groups excluding carboxylic acids is 1. The van der Waals surface area contributed by atoms with Gasteiger partial charge in [0.25, 0.3) is 0 Å². The maximum atomic E-state index is 12.8. The number of anilines is 1. The number of thioether (sulfide) groups is 1. The number of rotatable bonds is 13. The van der Waals surface area contributed by atoms with Crippen LogP contribution in [0.1, 0.15) is 41.6 Å². The minimum Gasteiger partial charge on any atom is -0.508 e. The van der Waals surface area contributed by atoms with Gasteiger partial charge in [-0.05, 0) is 111 Å². The first kappa shape index (κ1) is 39.3. The molecule has 0 radical (unpaired) electrons. The fourth-order valence-electron chi connectivity index (χ4n) is 6.81. The summed E-state index contributed by atoms with van der Waals surface area (Å²) in [7, 11) is 0. The molecular weight excluding hydrogens is 765 g/mol. The quantitative estimate of drug-likeness (QED) is 0.0830. The number of nitrogens with one attached hydrogen (secondary N) is 2. The van der Waals surface area contributed by atoms with E-state index in [1.807, 2.05) is 103 Å². The van der Waals surface area contributed by atoms with E-state index < -0.39 is 6.29 Å². The van der Waals surface area contributed by atoms with Gasteiger partial charge in [-0.3, -0.25) is 0 Å². The third-order valence-corrected chi connectivity index (χ3v) is 11.0. The van der Waals surface area contributed by atoms with Gasteiger partial charge in [0, 0.05) is 29.5 Å². The Labute approximate surface area is 345 Å². The number of hydrogen-bond donors (Lipinski definition) is 4. The highest BCUT2D eigenvalue weighted by atomic mass is 32.2. The van der Waals surface area contributed by atoms with Gasteiger partial charge in [0.05, 0.1) is 24.5 Å². The van der Waals surface area contributed by atoms with Crippen LogP contribution in [0.3, 0.4) is 0 Å². The van der Waals surface area contributed by atoms with Gasteiger partial charge in [-0.25, -0.2) is 4.79 Å². The van der Waals surface area contributed by atoms with Crippen LogP contribution in [0.4, 0.5) is 10.5 Å². The van der Waals surface area contributed by atoms with Crippen LogP contribution in [0, 0.1) is 5.92 Å². The molecule has 0 unspecified atom stereocenters. The number of aromatic nitrogens is 4. The Morgan fingerprint density at radius 1 is 0.780 bits per heavy atom. The number of para-hydroxylation sites is 1. The predicted octanol–water partition coefficient (Wildman–Crippen LogP) is 9.22. The second kappa shape index (κ2) is 18.4. The normalized spacial score (nSPS) is 17.6. The van der Waals surface area contributed by atoms with Crippen molar-refractivity contribution in [2.24, 2.45) is 5.92 Å². The number of carbonyl (C=O) groups is 1. The van der Waals surface area contributed by atoms with Crippen molar-refractivity contribution in [3.05, 3.63) is 174 Å². The van der Waals surface area contributed by atoms with Crippen LogP contribution in [0.25, 0.3) is 16.8 Å². The molecule has 13 heteroatoms. The first-order valence-electron chi connectivity index (χ1n) is 19.2. The molecule has 6 aromatic carbocycles. The van der Waals surface area contributed by atoms with Crippen LogP contribution < -0.4 is 15.4 Å². The highest BCUT2D eigenvalue weighted by Crippen LogP contribution is 2.43. The van der Waals surface area contributed by atoms with Crippen molar-refractivity contribution in [3.8, 4) is 34.1 Å². The van der Waals surface area contributed by atoms with E-state index in [1.165, 1.54) is 11.8 Å². The number of phenolic OH excluding ortho intramolecular Hbond substituents is 1. The number of aliphatic hydroxyl groups is 1. The molecule has 0 bridgehead atoms. The number of urea groups is 1. The summed E-state index contributed by atoms with van der Waals surface area (Å²) in [5, 5.41) is 38.2. The third-order valence-electron chi connectivity index (χ3n) is 10.00. The van der Waals surface area contributed by atoms with Crippen molar-refractivity contribution >= 4 is 23.5 Å². The first-order chi connectivity index (χ1) is 28.9. The molecule has 0 saturated carbocycles. The average molecular weight is 807 g/mol. The van der Waals surface area contributed by atoms with Crippen LogP contribution in [-0.2, 0) is 22.6 Å². The number of amides is 2. The molecule has 8 rings (SSSR count). The summed E-state index contributed by atoms with van der Waals surface area (Å²) >= 11 is 1.48. The molecular formula is C46H42N6O6S. The molecule has 2 heterocycles. The monoisotopic (exact) mass is 806 g/mol. The Morgan fingerprint density at radius 3 is 2.27 bits per heavy atom. The zero-order chi connectivity index (χ0) is 40.6. The van der Waals surface area contributed by atoms with Crippen LogP contribution in [0.15, 0.2) is 157 Å². The maximum absolute atomic E-state index is 12.8. The Hall–Kier alpha value is -6.51. The van der Waals surface area contributed by atoms with Crippen LogP contribution in [0.5, 0.6) is 17.2 Å². The van der Waals surface area contributed by atoms with Crippen molar-refractivity contribution in [2.75, 3.05) is 11.1 Å². The average Bonchev–Trinajstić information content (AvgIpc) is 3.75. The molecule has 1 aliphatic heterocycles. The molecule has 1 fully saturated rings. The molecule has 7 aromatic rings. The van der Waals surface area contributed by atoms with Crippen LogP contribution >= 0.6 is 11.8 Å². The van der Waals surface area contributed by atoms with Gasteiger partial charge >= 0.3 is 6.03 Å². The standard InChI is InChI=1S/C46H42N6O6S/c1-30-42(29-59-46-49-50-51-52(46)38-19-21-39(54)22-20-38)57-44(58-43(30)33-15-13-31(28-53)14-16-33)36-10-6-9-35(26-36)34-8-5-7-32(25-34)27-47-45(55)48-37-17-23-41(24-18-37)56-40-11-3-2-4-12-40/h2-26,30,42-44,53-54H,27-29H2,1H3,(H2,47,48,55)/t30-,42+,43+,44+/m0/s1. The van der Waals surface area contributed by atoms with Crippen molar-refractivity contribution in [3.63, 3.8) is 0 Å². The van der Waals surface area contributed by atoms with Gasteiger partial charge in [0.2, 0.25) is 5.16 Å². The minimum atomic E-state index is -0.681. The van der Waals surface area contributed by atoms with Crippen LogP contribution in [0.2, 0.25) is 0 Å². The molecule has 1 saturated heterocycles. The van der Waals surface area contributed by atoms with E-state index in [0.717, 1.165) is 44.8 Å². The van der Waals surface area contributed by atoms with E-state index in [0.29, 0.717) is 28.9 Å². The molecule has 4 N–H and O–H groups in total. The molecule has 0 spiro atoms. The van der Waals surface area contributed by atoms with E-state index in [1.54, 1.807) is 41.1 Å². The van der Waals surface area contributed by atoms with Gasteiger partial charge in [-0.15, -0.1) is 5.10 Å². The van der Waals surface area contributed by atoms with E-state index in [-0.39, 0.29) is 36.5 Å². The molecule has 59 heavy (non-hydrogen) atoms. The fourth-order valence-corrected chi connectivity index (χ4v) is 7.86. The van der Waals surface area contributed by atoms with Crippen molar-refractivity contribution in [1.29, 1.82) is 0 Å². The topological polar surface area (TPSA) is 153 Å². The highest BCUT2D eigenvalue weighted by Gasteiger charge is 2.38. The number of tetrazole rings is 1. The van der Waals surface area contributed by atoms with E-state index in [9.17, 15) is 15.0 Å². The maximum Gasteiger partial charge on any atom is 0.319 e. The largest absolute Gasteiger partial charge is 0.508 e. The van der Waals surface area contributed by atoms with E-state index in [4.69, 9.17) is 14.2 Å². The third kappa shape index (κ3) is 9.79. The molecule has 2 amide bonds. The lowest BCUT2D eigenvalue weighted by Gasteiger charge is -2.41. The summed E-state index contributed by atoms with van der Waals surface area (Å²) in [5.74, 6) is 2.07. The summed E-state index contributed by atoms with van der Waals surface area (Å²) in [6.07, 6.45) is -1.24. The summed E-state index contributed by atoms with van der Waals surface area (Å²) in [5.41, 5.74) is 6.94. The van der Waals surface area contributed by atoms with E-state index >= 15 is 0 Å². The summed E-state index contributed by atoms with van der Waals surface area (Å²) in [6.45, 7) is 2.40. The minimum absolute atomic E-state index is 0.0418. The van der Waals surface area contributed by atoms with Gasteiger partial charge in [0.1, 0.15) is 17.2 Å². The smallest absolute Gasteiger partial charge is 0.319 e. The number of benzene rings is 6. The lowest BCUT2D eigenvalue weighted by Crippen LogP contribution is -2.38. The Bertz CT molecular complexity index is 2470. The Balaban J connectivity index is 0.949. The van der Waals surface area contributed by atoms with Crippen LogP contribution in [-0.4, -0.2) is 48.3 Å². The molecule has 1 aromatic heterocycles. The summed E-state index contributed by atoms with van der Waals surface area (Å²) in [6, 6.07) is 47.1. The lowest BCUT2D eigenvalue weighted by molar-refractivity contribution is -0.268. The second-order valence-electron chi connectivity index (χ2n) is 14.1. The predicted molar refractivity (Wildman–Crippen MR) is 225 cm³/mol. The molecule has 1 aliphatic rings. The van der Waals surface area contributed by atoms with Crippen molar-refractivity contribution in [1.82, 2.24) is 25.5 Å². The lowest BCUT2D eigenvalue weighted by atomic mass is 9.91. The first-order valence-corrected chi connectivity index (χ1v) is 20.2. The zero-order valence-electron chi connectivity index (χ0n) is 32.1. The van der Waals surface area contributed by atoms with Gasteiger partial charge in [0.15, 0.2) is 6.29 Å². The number of ether oxygens (including phenoxy) is 3. The van der Waals surface area contributed by atoms with Gasteiger partial charge in [-0.1, -0.05) is 97.5 Å². The number of aromatic hydroxyl groups is 1. The Kier molecular flexibility index (Phi) is 12.3. The molecule has 298 valence electrons. The van der Waals surface area contributed by atoms with Crippen molar-refractivity contribution < 1.29 is 29.2 Å². The number of phenols is 1. The summed E-state index contributed by atoms with van der Waals surface area (Å²) in [4.78, 5) is 12.8. The zero-order valence-corrected chi connectivity index (χ0v) is 32.9. The summed E-state index contributed by atoms with van der Waals surface area (Å²) < 4.78 is 21.0. The SMILES string of the molecule is C[C@H]1[C@@H](CSc2nnnn2-c2ccc(O)cc2)O[C@@H](c2cccc(-c3cccc(CNC(=O)Nc4ccc(Oc5ccccc5)cc4)c3)c2)O[C@H]1c1ccc(CO)cc1. The number of aliphatic hydroxyl groups excluding tert-OH is 1. The number of nitrogens with zero attached hydrogens (tertiary/aromatic N) is 4. The highest BCUT2D eigenvalue weighted by molar-refractivity contribution is 7.99. The molecule has 12 nitrogen and oxygen atoms in total. The van der Waals surface area contributed by atoms with Gasteiger partial charge < -0.3 is 35.1 Å². The second-order valence-corrected chi connectivity index (χ2v) is 15.1. The van der Waals surface area contributed by atoms with Gasteiger partial charge in [-0.2, -0.15) is 4.68 Å². The van der Waals surface area contributed by atoms with Crippen molar-refractivity contribution in [2.45, 2.75) is 43.7 Å². The molecule has 4 atom stereocenters. The molecule has 0 aliphatic carbocycles. The van der Waals surface area contributed by atoms with E-state index in [2.05, 4.69) is 45.2 Å². The Morgan fingerprint density at radius 2 is 1.51 bits per heavy atom.